The summed E-state index contributed by atoms with van der Waals surface area (Å²) in [6.45, 7) is 0. The second kappa shape index (κ2) is 16.5. The van der Waals surface area contributed by atoms with Crippen LogP contribution in [0.5, 0.6) is 0 Å². The highest BCUT2D eigenvalue weighted by Gasteiger charge is 2.49. The molecule has 0 saturated heterocycles. The average molecular weight is 939 g/mol. The fourth-order valence-corrected chi connectivity index (χ4v) is 11.8. The standard InChI is InChI=1S/C50H42F4N10O5/c51-27-14-30-32(19-56-43(30)55-17-27)44-61-42(38(54)47(62-44)59-40-26-12-8-23(9-13-26)36(40)50(67)68)34-16-29(21-69-34)64-20-33(31-15-28(52)18-57-48(31)64)45-60-41(24-4-2-1-3-5-24)37(53)46(63-45)58-39-25-10-6-22(7-11-25)35(39)49(65)66/h1-5,14-23,25-26,35-36,39-40H,6-13H2,(H,55,56)(H,65,66)(H,67,68)(H,58,60,63)(H,59,61,62). The number of hydrogen-bond donors (Lipinski definition) is 5. The van der Waals surface area contributed by atoms with E-state index in [0.29, 0.717) is 22.2 Å². The SMILES string of the molecule is O=C(O)C1C2CCC(CC2)C1Nc1nc(-c2cn(-c3coc(-c4nc(-c5c[nH]c6ncc(F)cc56)nc(NC5C6CCC(CC6)C5C(=O)O)c4F)c3)c3ncc(F)cc23)nc(-c2ccccc2)c1F. The molecule has 4 bridgehead atoms. The molecule has 6 fully saturated rings. The lowest BCUT2D eigenvalue weighted by Gasteiger charge is -2.47. The van der Waals surface area contributed by atoms with Gasteiger partial charge in [0.25, 0.3) is 0 Å². The smallest absolute Gasteiger partial charge is 0.308 e. The maximum absolute atomic E-state index is 17.1. The first-order valence-electron chi connectivity index (χ1n) is 23.1. The Balaban J connectivity index is 0.976. The van der Waals surface area contributed by atoms with Crippen LogP contribution in [-0.4, -0.2) is 73.7 Å². The summed E-state index contributed by atoms with van der Waals surface area (Å²) < 4.78 is 71.3. The lowest BCUT2D eigenvalue weighted by molar-refractivity contribution is -0.149. The summed E-state index contributed by atoms with van der Waals surface area (Å²) in [6.07, 6.45) is 12.7. The van der Waals surface area contributed by atoms with Crippen LogP contribution < -0.4 is 10.6 Å². The molecule has 4 unspecified atom stereocenters. The summed E-state index contributed by atoms with van der Waals surface area (Å²) in [5, 5.41) is 27.6. The number of pyridine rings is 2. The van der Waals surface area contributed by atoms with Crippen molar-refractivity contribution in [3.8, 4) is 51.2 Å². The first-order valence-corrected chi connectivity index (χ1v) is 23.1. The van der Waals surface area contributed by atoms with Crippen molar-refractivity contribution in [2.75, 3.05) is 10.6 Å². The van der Waals surface area contributed by atoms with Gasteiger partial charge in [0.15, 0.2) is 40.7 Å². The number of carboxylic acid groups (broad SMARTS) is 2. The molecule has 5 N–H and O–H groups in total. The number of nitrogens with one attached hydrogen (secondary N) is 3. The van der Waals surface area contributed by atoms with Gasteiger partial charge in [-0.1, -0.05) is 30.3 Å². The second-order valence-electron chi connectivity index (χ2n) is 18.8. The monoisotopic (exact) mass is 938 g/mol. The van der Waals surface area contributed by atoms with Crippen molar-refractivity contribution in [1.29, 1.82) is 0 Å². The van der Waals surface area contributed by atoms with Crippen LogP contribution in [0, 0.1) is 58.8 Å². The van der Waals surface area contributed by atoms with E-state index in [1.807, 2.05) is 0 Å². The first kappa shape index (κ1) is 42.6. The van der Waals surface area contributed by atoms with E-state index in [1.54, 1.807) is 41.1 Å². The number of H-pyrrole nitrogens is 1. The molecule has 0 aliphatic heterocycles. The van der Waals surface area contributed by atoms with Crippen molar-refractivity contribution in [2.45, 2.75) is 63.5 Å². The van der Waals surface area contributed by atoms with Crippen LogP contribution in [-0.2, 0) is 9.59 Å². The third-order valence-corrected chi connectivity index (χ3v) is 15.1. The minimum atomic E-state index is -0.977. The summed E-state index contributed by atoms with van der Waals surface area (Å²) in [5.41, 5.74) is 1.46. The van der Waals surface area contributed by atoms with Crippen molar-refractivity contribution in [3.63, 3.8) is 0 Å². The van der Waals surface area contributed by atoms with E-state index in [-0.39, 0.29) is 86.4 Å². The Hall–Kier alpha value is -7.70. The number of carboxylic acids is 2. The molecule has 7 aromatic heterocycles. The van der Waals surface area contributed by atoms with Crippen molar-refractivity contribution in [3.05, 3.63) is 103 Å². The number of furan rings is 1. The molecule has 6 aliphatic carbocycles. The van der Waals surface area contributed by atoms with Crippen LogP contribution in [0.4, 0.5) is 29.2 Å². The van der Waals surface area contributed by atoms with Crippen LogP contribution in [0.25, 0.3) is 73.2 Å². The number of aromatic nitrogens is 8. The van der Waals surface area contributed by atoms with Gasteiger partial charge in [0.1, 0.15) is 40.6 Å². The van der Waals surface area contributed by atoms with Crippen LogP contribution >= 0.6 is 0 Å². The summed E-state index contributed by atoms with van der Waals surface area (Å²) in [6, 6.07) is 11.4. The van der Waals surface area contributed by atoms with Gasteiger partial charge in [-0.25, -0.2) is 47.5 Å². The Bertz CT molecular complexity index is 3340. The largest absolute Gasteiger partial charge is 0.481 e. The van der Waals surface area contributed by atoms with Crippen molar-refractivity contribution < 1.29 is 41.8 Å². The Labute approximate surface area is 389 Å². The summed E-state index contributed by atoms with van der Waals surface area (Å²) in [4.78, 5) is 55.3. The molecule has 14 rings (SSSR count). The molecule has 4 atom stereocenters. The van der Waals surface area contributed by atoms with E-state index in [1.165, 1.54) is 30.7 Å². The number of aliphatic carboxylic acids is 2. The number of fused-ring (bicyclic) bond motifs is 8. The van der Waals surface area contributed by atoms with Gasteiger partial charge in [-0.05, 0) is 87.2 Å². The Kier molecular flexibility index (Phi) is 10.2. The van der Waals surface area contributed by atoms with Gasteiger partial charge < -0.3 is 30.2 Å². The molecule has 0 radical (unpaired) electrons. The van der Waals surface area contributed by atoms with Gasteiger partial charge in [-0.15, -0.1) is 0 Å². The molecule has 69 heavy (non-hydrogen) atoms. The number of benzene rings is 1. The van der Waals surface area contributed by atoms with Crippen molar-refractivity contribution >= 4 is 45.6 Å². The number of nitrogens with zero attached hydrogens (tertiary/aromatic N) is 7. The molecular weight excluding hydrogens is 897 g/mol. The predicted molar refractivity (Wildman–Crippen MR) is 244 cm³/mol. The van der Waals surface area contributed by atoms with E-state index in [2.05, 4.69) is 40.5 Å². The Morgan fingerprint density at radius 2 is 1.22 bits per heavy atom. The number of carbonyl (C=O) groups is 2. The lowest BCUT2D eigenvalue weighted by atomic mass is 9.61. The third-order valence-electron chi connectivity index (χ3n) is 15.1. The molecule has 19 heteroatoms. The molecule has 350 valence electrons. The number of halogens is 4. The maximum Gasteiger partial charge on any atom is 0.308 e. The highest BCUT2D eigenvalue weighted by molar-refractivity contribution is 5.94. The van der Waals surface area contributed by atoms with E-state index in [4.69, 9.17) is 9.40 Å². The van der Waals surface area contributed by atoms with E-state index >= 15 is 13.2 Å². The summed E-state index contributed by atoms with van der Waals surface area (Å²) in [7, 11) is 0. The first-order chi connectivity index (χ1) is 33.5. The van der Waals surface area contributed by atoms with Crippen LogP contribution in [0.2, 0.25) is 0 Å². The quantitative estimate of drug-likeness (QED) is 0.0766. The molecule has 6 saturated carbocycles. The third kappa shape index (κ3) is 7.24. The molecule has 1 aromatic carbocycles. The van der Waals surface area contributed by atoms with Gasteiger partial charge in [-0.3, -0.25) is 14.2 Å². The minimum Gasteiger partial charge on any atom is -0.481 e. The molecule has 8 aromatic rings. The van der Waals surface area contributed by atoms with Crippen LogP contribution in [0.1, 0.15) is 51.4 Å². The Morgan fingerprint density at radius 1 is 0.667 bits per heavy atom. The topological polar surface area (TPSA) is 210 Å². The van der Waals surface area contributed by atoms with E-state index in [9.17, 15) is 24.2 Å². The fourth-order valence-electron chi connectivity index (χ4n) is 11.8. The van der Waals surface area contributed by atoms with E-state index in [0.717, 1.165) is 63.8 Å². The number of aromatic amines is 1. The highest BCUT2D eigenvalue weighted by Crippen LogP contribution is 2.49. The summed E-state index contributed by atoms with van der Waals surface area (Å²) in [5.74, 6) is -7.21. The number of anilines is 2. The van der Waals surface area contributed by atoms with Crippen molar-refractivity contribution in [2.24, 2.45) is 35.5 Å². The zero-order valence-electron chi connectivity index (χ0n) is 36.5. The number of hydrogen-bond acceptors (Lipinski definition) is 11. The second-order valence-corrected chi connectivity index (χ2v) is 18.8. The normalized spacial score (nSPS) is 24.0. The highest BCUT2D eigenvalue weighted by atomic mass is 19.1. The summed E-state index contributed by atoms with van der Waals surface area (Å²) >= 11 is 0. The van der Waals surface area contributed by atoms with Crippen LogP contribution in [0.15, 0.2) is 84.0 Å². The number of rotatable bonds is 11. The fraction of sp³-hybridized carbons (Fsp3) is 0.320. The lowest BCUT2D eigenvalue weighted by Crippen LogP contribution is -2.51. The Morgan fingerprint density at radius 3 is 1.84 bits per heavy atom. The van der Waals surface area contributed by atoms with Gasteiger partial charge in [-0.2, -0.15) is 0 Å². The molecule has 0 spiro atoms. The molecule has 15 nitrogen and oxygen atoms in total. The zero-order valence-corrected chi connectivity index (χ0v) is 36.5. The van der Waals surface area contributed by atoms with Crippen molar-refractivity contribution in [1.82, 2.24) is 39.5 Å². The van der Waals surface area contributed by atoms with E-state index < -0.39 is 59.1 Å². The average Bonchev–Trinajstić information content (AvgIpc) is 4.11. The van der Waals surface area contributed by atoms with Gasteiger partial charge >= 0.3 is 11.9 Å². The maximum atomic E-state index is 17.1. The van der Waals surface area contributed by atoms with Crippen LogP contribution in [0.3, 0.4) is 0 Å². The van der Waals surface area contributed by atoms with Gasteiger partial charge in [0.05, 0.1) is 29.9 Å². The zero-order chi connectivity index (χ0) is 47.2. The predicted octanol–water partition coefficient (Wildman–Crippen LogP) is 9.90. The molecule has 7 heterocycles. The van der Waals surface area contributed by atoms with Gasteiger partial charge in [0, 0.05) is 58.0 Å². The molecule has 6 aliphatic rings. The molecule has 0 amide bonds. The molecular formula is C50H42F4N10O5. The van der Waals surface area contributed by atoms with Gasteiger partial charge in [0.2, 0.25) is 0 Å². The minimum absolute atomic E-state index is 0.00611.